The molecule has 0 aliphatic rings. The normalized spacial score (nSPS) is 13.6. The van der Waals surface area contributed by atoms with Gasteiger partial charge in [0.1, 0.15) is 5.82 Å². The van der Waals surface area contributed by atoms with Crippen LogP contribution < -0.4 is 5.32 Å². The number of rotatable bonds is 6. The van der Waals surface area contributed by atoms with Crippen LogP contribution in [-0.4, -0.2) is 24.9 Å². The second-order valence-corrected chi connectivity index (χ2v) is 6.62. The molecule has 0 saturated heterocycles. The molecule has 0 spiro atoms. The molecule has 2 aromatic rings. The highest BCUT2D eigenvalue weighted by Crippen LogP contribution is 2.11. The third kappa shape index (κ3) is 4.43. The molecule has 0 fully saturated rings. The number of aromatic nitrogens is 4. The molecule has 21 heavy (non-hydrogen) atoms. The molecule has 0 amide bonds. The summed E-state index contributed by atoms with van der Waals surface area (Å²) in [5.74, 6) is 1.04. The molecule has 0 aromatic carbocycles. The van der Waals surface area contributed by atoms with Gasteiger partial charge in [0, 0.05) is 30.2 Å². The number of imidazole rings is 1. The highest BCUT2D eigenvalue weighted by Gasteiger charge is 2.12. The Labute approximate surface area is 127 Å². The Morgan fingerprint density at radius 3 is 2.71 bits per heavy atom. The van der Waals surface area contributed by atoms with E-state index in [2.05, 4.69) is 66.8 Å². The van der Waals surface area contributed by atoms with E-state index in [9.17, 15) is 0 Å². The maximum absolute atomic E-state index is 4.65. The average Bonchev–Trinajstić information content (AvgIpc) is 3.04. The third-order valence-electron chi connectivity index (χ3n) is 3.62. The Morgan fingerprint density at radius 2 is 2.05 bits per heavy atom. The zero-order valence-corrected chi connectivity index (χ0v) is 13.8. The lowest BCUT2D eigenvalue weighted by atomic mass is 10.1. The number of hydrogen-bond acceptors (Lipinski definition) is 3. The van der Waals surface area contributed by atoms with Gasteiger partial charge in [-0.3, -0.25) is 4.68 Å². The van der Waals surface area contributed by atoms with Crippen molar-refractivity contribution < 1.29 is 0 Å². The zero-order valence-electron chi connectivity index (χ0n) is 13.8. The minimum absolute atomic E-state index is 0.0922. The standard InChI is InChI=1S/C16H27N5/c1-6-13(2)21-9-7-14(19-21)12-20-10-8-17-15(20)11-18-16(3,4)5/h7-10,13,18H,6,11-12H2,1-5H3. The maximum Gasteiger partial charge on any atom is 0.123 e. The summed E-state index contributed by atoms with van der Waals surface area (Å²) < 4.78 is 4.20. The second-order valence-electron chi connectivity index (χ2n) is 6.62. The lowest BCUT2D eigenvalue weighted by Gasteiger charge is -2.20. The Hall–Kier alpha value is -1.62. The van der Waals surface area contributed by atoms with E-state index in [0.717, 1.165) is 31.0 Å². The molecule has 2 rings (SSSR count). The van der Waals surface area contributed by atoms with Crippen molar-refractivity contribution in [1.29, 1.82) is 0 Å². The zero-order chi connectivity index (χ0) is 15.5. The fourth-order valence-electron chi connectivity index (χ4n) is 2.06. The van der Waals surface area contributed by atoms with Gasteiger partial charge in [-0.15, -0.1) is 0 Å². The van der Waals surface area contributed by atoms with Gasteiger partial charge in [-0.25, -0.2) is 4.98 Å². The van der Waals surface area contributed by atoms with Crippen LogP contribution in [0.5, 0.6) is 0 Å². The van der Waals surface area contributed by atoms with Crippen molar-refractivity contribution in [3.05, 3.63) is 36.2 Å². The molecule has 0 bridgehead atoms. The van der Waals surface area contributed by atoms with Crippen LogP contribution in [0.3, 0.4) is 0 Å². The molecule has 5 nitrogen and oxygen atoms in total. The minimum atomic E-state index is 0.0922. The molecule has 2 aromatic heterocycles. The molecule has 116 valence electrons. The third-order valence-corrected chi connectivity index (χ3v) is 3.62. The monoisotopic (exact) mass is 289 g/mol. The SMILES string of the molecule is CCC(C)n1ccc(Cn2ccnc2CNC(C)(C)C)n1. The predicted molar refractivity (Wildman–Crippen MR) is 85.2 cm³/mol. The van der Waals surface area contributed by atoms with Crippen molar-refractivity contribution in [2.45, 2.75) is 65.7 Å². The lowest BCUT2D eigenvalue weighted by Crippen LogP contribution is -2.36. The average molecular weight is 289 g/mol. The Kier molecular flexibility index (Phi) is 4.83. The van der Waals surface area contributed by atoms with Crippen LogP contribution in [0.2, 0.25) is 0 Å². The van der Waals surface area contributed by atoms with Crippen molar-refractivity contribution >= 4 is 0 Å². The molecule has 0 radical (unpaired) electrons. The molecule has 1 N–H and O–H groups in total. The van der Waals surface area contributed by atoms with Gasteiger partial charge in [0.05, 0.1) is 18.8 Å². The molecule has 0 aliphatic heterocycles. The number of nitrogens with one attached hydrogen (secondary N) is 1. The first-order valence-electron chi connectivity index (χ1n) is 7.68. The van der Waals surface area contributed by atoms with Crippen LogP contribution in [0.4, 0.5) is 0 Å². The summed E-state index contributed by atoms with van der Waals surface area (Å²) in [5, 5.41) is 8.13. The molecular weight excluding hydrogens is 262 g/mol. The van der Waals surface area contributed by atoms with Crippen molar-refractivity contribution in [1.82, 2.24) is 24.6 Å². The summed E-state index contributed by atoms with van der Waals surface area (Å²) in [5.41, 5.74) is 1.17. The molecule has 0 saturated carbocycles. The number of hydrogen-bond donors (Lipinski definition) is 1. The van der Waals surface area contributed by atoms with E-state index in [1.165, 1.54) is 0 Å². The van der Waals surface area contributed by atoms with Crippen molar-refractivity contribution in [2.75, 3.05) is 0 Å². The highest BCUT2D eigenvalue weighted by molar-refractivity contribution is 5.04. The topological polar surface area (TPSA) is 47.7 Å². The van der Waals surface area contributed by atoms with Gasteiger partial charge >= 0.3 is 0 Å². The van der Waals surface area contributed by atoms with Gasteiger partial charge in [-0.05, 0) is 40.2 Å². The Morgan fingerprint density at radius 1 is 1.29 bits per heavy atom. The van der Waals surface area contributed by atoms with Crippen LogP contribution in [0.1, 0.15) is 58.6 Å². The quantitative estimate of drug-likeness (QED) is 0.889. The molecule has 1 unspecified atom stereocenters. The number of nitrogens with zero attached hydrogens (tertiary/aromatic N) is 4. The summed E-state index contributed by atoms with van der Waals surface area (Å²) in [6.07, 6.45) is 7.02. The minimum Gasteiger partial charge on any atom is -0.328 e. The van der Waals surface area contributed by atoms with Gasteiger partial charge < -0.3 is 9.88 Å². The van der Waals surface area contributed by atoms with Crippen molar-refractivity contribution in [3.63, 3.8) is 0 Å². The maximum atomic E-state index is 4.65. The van der Waals surface area contributed by atoms with Crippen LogP contribution in [0.25, 0.3) is 0 Å². The summed E-state index contributed by atoms with van der Waals surface area (Å²) in [6, 6.07) is 2.54. The lowest BCUT2D eigenvalue weighted by molar-refractivity contribution is 0.412. The molecule has 5 heteroatoms. The van der Waals surface area contributed by atoms with Crippen LogP contribution in [-0.2, 0) is 13.1 Å². The van der Waals surface area contributed by atoms with E-state index in [1.807, 2.05) is 17.1 Å². The molecule has 2 heterocycles. The predicted octanol–water partition coefficient (Wildman–Crippen LogP) is 2.99. The first-order valence-corrected chi connectivity index (χ1v) is 7.68. The first kappa shape index (κ1) is 15.8. The smallest absolute Gasteiger partial charge is 0.123 e. The van der Waals surface area contributed by atoms with Gasteiger partial charge in [-0.2, -0.15) is 5.10 Å². The Balaban J connectivity index is 2.03. The molecule has 1 atom stereocenters. The molecule has 0 aliphatic carbocycles. The highest BCUT2D eigenvalue weighted by atomic mass is 15.3. The van der Waals surface area contributed by atoms with E-state index in [0.29, 0.717) is 6.04 Å². The van der Waals surface area contributed by atoms with E-state index < -0.39 is 0 Å². The van der Waals surface area contributed by atoms with Crippen LogP contribution >= 0.6 is 0 Å². The molecular formula is C16H27N5. The van der Waals surface area contributed by atoms with Crippen LogP contribution in [0.15, 0.2) is 24.7 Å². The fourth-order valence-corrected chi connectivity index (χ4v) is 2.06. The van der Waals surface area contributed by atoms with Crippen LogP contribution in [0, 0.1) is 0 Å². The second kappa shape index (κ2) is 6.43. The van der Waals surface area contributed by atoms with Gasteiger partial charge in [0.15, 0.2) is 0 Å². The van der Waals surface area contributed by atoms with E-state index in [4.69, 9.17) is 0 Å². The summed E-state index contributed by atoms with van der Waals surface area (Å²) in [7, 11) is 0. The van der Waals surface area contributed by atoms with Gasteiger partial charge in [-0.1, -0.05) is 6.92 Å². The van der Waals surface area contributed by atoms with Gasteiger partial charge in [0.2, 0.25) is 0 Å². The summed E-state index contributed by atoms with van der Waals surface area (Å²) >= 11 is 0. The van der Waals surface area contributed by atoms with Crippen molar-refractivity contribution in [3.8, 4) is 0 Å². The van der Waals surface area contributed by atoms with Gasteiger partial charge in [0.25, 0.3) is 0 Å². The fraction of sp³-hybridized carbons (Fsp3) is 0.625. The van der Waals surface area contributed by atoms with E-state index >= 15 is 0 Å². The van der Waals surface area contributed by atoms with E-state index in [-0.39, 0.29) is 5.54 Å². The van der Waals surface area contributed by atoms with E-state index in [1.54, 1.807) is 0 Å². The first-order chi connectivity index (χ1) is 9.89. The van der Waals surface area contributed by atoms with Crippen molar-refractivity contribution in [2.24, 2.45) is 0 Å². The largest absolute Gasteiger partial charge is 0.328 e. The Bertz CT molecular complexity index is 561. The summed E-state index contributed by atoms with van der Waals surface area (Å²) in [6.45, 7) is 12.4. The summed E-state index contributed by atoms with van der Waals surface area (Å²) in [4.78, 5) is 4.44.